The molecule has 3 aromatic heterocycles. The molecule has 0 fully saturated rings. The lowest BCUT2D eigenvalue weighted by atomic mass is 10.1. The first-order valence-corrected chi connectivity index (χ1v) is 8.58. The first-order chi connectivity index (χ1) is 13.5. The number of pyridine rings is 3. The summed E-state index contributed by atoms with van der Waals surface area (Å²) in [6.07, 6.45) is 3.29. The summed E-state index contributed by atoms with van der Waals surface area (Å²) < 4.78 is 11.9. The lowest BCUT2D eigenvalue weighted by Crippen LogP contribution is -2.25. The summed E-state index contributed by atoms with van der Waals surface area (Å²) in [5, 5.41) is 0. The Kier molecular flexibility index (Phi) is 4.31. The molecule has 4 heterocycles. The Balaban J connectivity index is 1.69. The van der Waals surface area contributed by atoms with Gasteiger partial charge in [0.25, 0.3) is 11.8 Å². The molecule has 0 N–H and O–H groups in total. The van der Waals surface area contributed by atoms with E-state index in [4.69, 9.17) is 9.47 Å². The Hall–Kier alpha value is -3.68. The predicted molar refractivity (Wildman–Crippen MR) is 103 cm³/mol. The minimum atomic E-state index is -0.141. The van der Waals surface area contributed by atoms with Gasteiger partial charge in [-0.1, -0.05) is 0 Å². The van der Waals surface area contributed by atoms with Crippen LogP contribution in [0.25, 0.3) is 11.3 Å². The van der Waals surface area contributed by atoms with Gasteiger partial charge in [0.2, 0.25) is 5.56 Å². The van der Waals surface area contributed by atoms with Gasteiger partial charge in [-0.3, -0.25) is 14.6 Å². The van der Waals surface area contributed by atoms with Crippen LogP contribution in [-0.4, -0.2) is 34.7 Å². The number of aryl methyl sites for hydroxylation is 1. The first kappa shape index (κ1) is 17.7. The number of aromatic nitrogens is 3. The van der Waals surface area contributed by atoms with Crippen LogP contribution in [0.1, 0.15) is 16.1 Å². The number of fused-ring (bicyclic) bond motifs is 1. The van der Waals surface area contributed by atoms with Gasteiger partial charge in [0, 0.05) is 31.1 Å². The fourth-order valence-corrected chi connectivity index (χ4v) is 3.16. The number of amides is 1. The molecular weight excluding hydrogens is 360 g/mol. The van der Waals surface area contributed by atoms with E-state index in [9.17, 15) is 9.59 Å². The van der Waals surface area contributed by atoms with Crippen LogP contribution in [0, 0.1) is 0 Å². The summed E-state index contributed by atoms with van der Waals surface area (Å²) in [7, 11) is 4.72. The van der Waals surface area contributed by atoms with Gasteiger partial charge in [0.05, 0.1) is 43.4 Å². The van der Waals surface area contributed by atoms with Gasteiger partial charge < -0.3 is 18.9 Å². The highest BCUT2D eigenvalue weighted by Crippen LogP contribution is 2.32. The van der Waals surface area contributed by atoms with Crippen molar-refractivity contribution < 1.29 is 14.3 Å². The molecular formula is C20H18N4O4. The minimum Gasteiger partial charge on any atom is -0.491 e. The molecule has 8 heteroatoms. The molecule has 0 spiro atoms. The fraction of sp³-hybridized carbons (Fsp3) is 0.200. The predicted octanol–water partition coefficient (Wildman–Crippen LogP) is 2.02. The third-order valence-corrected chi connectivity index (χ3v) is 4.67. The highest BCUT2D eigenvalue weighted by Gasteiger charge is 2.30. The number of hydrogen-bond acceptors (Lipinski definition) is 6. The number of anilines is 1. The van der Waals surface area contributed by atoms with Crippen LogP contribution in [0.15, 0.2) is 47.5 Å². The number of carbonyl (C=O) groups is 1. The highest BCUT2D eigenvalue weighted by atomic mass is 16.5. The molecule has 28 heavy (non-hydrogen) atoms. The van der Waals surface area contributed by atoms with Gasteiger partial charge in [0.15, 0.2) is 5.75 Å². The zero-order valence-electron chi connectivity index (χ0n) is 15.7. The number of hydrogen-bond donors (Lipinski definition) is 0. The highest BCUT2D eigenvalue weighted by molar-refractivity contribution is 6.09. The normalized spacial score (nSPS) is 12.8. The standard InChI is InChI=1S/C20H18N4O4/c1-23-10-13(4-7-18(23)25)24-11-16-14(20(24)26)5-6-15(22-16)12-8-17(27-2)19(28-3)21-9-12/h4-10H,11H2,1-3H3. The number of methoxy groups -OCH3 is 2. The Bertz CT molecular complexity index is 1140. The van der Waals surface area contributed by atoms with Crippen molar-refractivity contribution in [2.75, 3.05) is 19.1 Å². The summed E-state index contributed by atoms with van der Waals surface area (Å²) >= 11 is 0. The zero-order valence-corrected chi connectivity index (χ0v) is 15.7. The maximum Gasteiger partial charge on any atom is 0.260 e. The topological polar surface area (TPSA) is 86.6 Å². The molecule has 0 bridgehead atoms. The van der Waals surface area contributed by atoms with Gasteiger partial charge >= 0.3 is 0 Å². The van der Waals surface area contributed by atoms with Crippen molar-refractivity contribution in [1.29, 1.82) is 0 Å². The summed E-state index contributed by atoms with van der Waals surface area (Å²) in [5.41, 5.74) is 3.18. The molecule has 3 aromatic rings. The molecule has 4 rings (SSSR count). The molecule has 0 saturated carbocycles. The lowest BCUT2D eigenvalue weighted by Gasteiger charge is -2.15. The van der Waals surface area contributed by atoms with Crippen molar-refractivity contribution in [1.82, 2.24) is 14.5 Å². The molecule has 0 saturated heterocycles. The Labute approximate surface area is 161 Å². The van der Waals surface area contributed by atoms with Gasteiger partial charge in [-0.05, 0) is 24.3 Å². The smallest absolute Gasteiger partial charge is 0.260 e. The van der Waals surface area contributed by atoms with Gasteiger partial charge in [0.1, 0.15) is 0 Å². The van der Waals surface area contributed by atoms with Crippen molar-refractivity contribution in [2.45, 2.75) is 6.54 Å². The zero-order chi connectivity index (χ0) is 19.8. The summed E-state index contributed by atoms with van der Waals surface area (Å²) in [6, 6.07) is 8.43. The molecule has 1 aliphatic heterocycles. The number of nitrogens with zero attached hydrogens (tertiary/aromatic N) is 4. The first-order valence-electron chi connectivity index (χ1n) is 8.58. The molecule has 1 aliphatic rings. The van der Waals surface area contributed by atoms with Crippen molar-refractivity contribution >= 4 is 11.6 Å². The average molecular weight is 378 g/mol. The van der Waals surface area contributed by atoms with Crippen LogP contribution in [-0.2, 0) is 13.6 Å². The van der Waals surface area contributed by atoms with Crippen LogP contribution in [0.5, 0.6) is 11.6 Å². The van der Waals surface area contributed by atoms with E-state index in [1.165, 1.54) is 17.7 Å². The van der Waals surface area contributed by atoms with Gasteiger partial charge in [-0.25, -0.2) is 4.98 Å². The van der Waals surface area contributed by atoms with Crippen molar-refractivity contribution in [2.24, 2.45) is 7.05 Å². The summed E-state index contributed by atoms with van der Waals surface area (Å²) in [4.78, 5) is 34.9. The van der Waals surface area contributed by atoms with Crippen LogP contribution in [0.3, 0.4) is 0 Å². The van der Waals surface area contributed by atoms with Crippen molar-refractivity contribution in [3.63, 3.8) is 0 Å². The molecule has 0 unspecified atom stereocenters. The molecule has 0 atom stereocenters. The second kappa shape index (κ2) is 6.80. The second-order valence-corrected chi connectivity index (χ2v) is 6.35. The largest absolute Gasteiger partial charge is 0.491 e. The quantitative estimate of drug-likeness (QED) is 0.690. The number of ether oxygens (including phenoxy) is 2. The van der Waals surface area contributed by atoms with E-state index in [1.807, 2.05) is 0 Å². The monoisotopic (exact) mass is 378 g/mol. The molecule has 142 valence electrons. The van der Waals surface area contributed by atoms with E-state index >= 15 is 0 Å². The SMILES string of the molecule is COc1cc(-c2ccc3c(n2)CN(c2ccc(=O)n(C)c2)C3=O)cnc1OC. The average Bonchev–Trinajstić information content (AvgIpc) is 3.05. The minimum absolute atomic E-state index is 0.130. The maximum absolute atomic E-state index is 12.8. The van der Waals surface area contributed by atoms with Crippen LogP contribution >= 0.6 is 0 Å². The number of rotatable bonds is 4. The summed E-state index contributed by atoms with van der Waals surface area (Å²) in [5.74, 6) is 0.756. The van der Waals surface area contributed by atoms with Crippen molar-refractivity contribution in [3.8, 4) is 22.9 Å². The molecule has 0 aromatic carbocycles. The maximum atomic E-state index is 12.8. The van der Waals surface area contributed by atoms with E-state index in [0.29, 0.717) is 40.8 Å². The van der Waals surface area contributed by atoms with Crippen LogP contribution in [0.4, 0.5) is 5.69 Å². The third kappa shape index (κ3) is 2.88. The van der Waals surface area contributed by atoms with E-state index in [-0.39, 0.29) is 11.5 Å². The Morgan fingerprint density at radius 2 is 1.89 bits per heavy atom. The van der Waals surface area contributed by atoms with Gasteiger partial charge in [-0.2, -0.15) is 0 Å². The van der Waals surface area contributed by atoms with Crippen LogP contribution < -0.4 is 19.9 Å². The fourth-order valence-electron chi connectivity index (χ4n) is 3.16. The van der Waals surface area contributed by atoms with Gasteiger partial charge in [-0.15, -0.1) is 0 Å². The van der Waals surface area contributed by atoms with E-state index in [0.717, 1.165) is 5.56 Å². The summed E-state index contributed by atoms with van der Waals surface area (Å²) in [6.45, 7) is 0.334. The van der Waals surface area contributed by atoms with E-state index < -0.39 is 0 Å². The molecule has 8 nitrogen and oxygen atoms in total. The molecule has 0 aliphatic carbocycles. The molecule has 0 radical (unpaired) electrons. The van der Waals surface area contributed by atoms with E-state index in [2.05, 4.69) is 9.97 Å². The molecule has 1 amide bonds. The second-order valence-electron chi connectivity index (χ2n) is 6.35. The lowest BCUT2D eigenvalue weighted by molar-refractivity contribution is 0.0996. The third-order valence-electron chi connectivity index (χ3n) is 4.67. The van der Waals surface area contributed by atoms with E-state index in [1.54, 1.807) is 55.7 Å². The Morgan fingerprint density at radius 1 is 1.07 bits per heavy atom. The van der Waals surface area contributed by atoms with Crippen molar-refractivity contribution in [3.05, 3.63) is 64.3 Å². The Morgan fingerprint density at radius 3 is 2.61 bits per heavy atom. The van der Waals surface area contributed by atoms with Crippen LogP contribution in [0.2, 0.25) is 0 Å². The number of carbonyl (C=O) groups excluding carboxylic acids is 1.